The molecule has 8 nitrogen and oxygen atoms in total. The van der Waals surface area contributed by atoms with Crippen LogP contribution in [-0.2, 0) is 15.9 Å². The van der Waals surface area contributed by atoms with E-state index in [0.717, 1.165) is 0 Å². The van der Waals surface area contributed by atoms with E-state index in [1.807, 2.05) is 0 Å². The van der Waals surface area contributed by atoms with Gasteiger partial charge >= 0.3 is 12.2 Å². The molecule has 0 atom stereocenters. The van der Waals surface area contributed by atoms with Gasteiger partial charge in [0.25, 0.3) is 0 Å². The summed E-state index contributed by atoms with van der Waals surface area (Å²) in [5.74, 6) is -0.287. The van der Waals surface area contributed by atoms with Crippen LogP contribution in [0.5, 0.6) is 0 Å². The third-order valence-electron chi connectivity index (χ3n) is 3.31. The number of alkyl carbamates (subject to hydrolysis) is 2. The van der Waals surface area contributed by atoms with Gasteiger partial charge in [-0.15, -0.1) is 0 Å². The molecule has 0 aromatic heterocycles. The van der Waals surface area contributed by atoms with Gasteiger partial charge in [-0.3, -0.25) is 10.3 Å². The van der Waals surface area contributed by atoms with Crippen molar-refractivity contribution < 1.29 is 23.5 Å². The van der Waals surface area contributed by atoms with E-state index in [1.165, 1.54) is 6.07 Å². The van der Waals surface area contributed by atoms with Gasteiger partial charge in [0.2, 0.25) is 5.96 Å². The summed E-state index contributed by atoms with van der Waals surface area (Å²) in [4.78, 5) is 27.7. The predicted octanol–water partition coefficient (Wildman–Crippen LogP) is 4.21. The third-order valence-corrected chi connectivity index (χ3v) is 3.31. The molecule has 168 valence electrons. The van der Waals surface area contributed by atoms with E-state index in [4.69, 9.17) is 9.47 Å². The highest BCUT2D eigenvalue weighted by atomic mass is 19.1. The predicted molar refractivity (Wildman–Crippen MR) is 115 cm³/mol. The lowest BCUT2D eigenvalue weighted by Gasteiger charge is -2.20. The van der Waals surface area contributed by atoms with Crippen molar-refractivity contribution in [1.82, 2.24) is 10.6 Å². The summed E-state index contributed by atoms with van der Waals surface area (Å²) in [5, 5.41) is 7.98. The van der Waals surface area contributed by atoms with Crippen LogP contribution in [-0.4, -0.2) is 42.4 Å². The lowest BCUT2D eigenvalue weighted by atomic mass is 10.1. The fourth-order valence-electron chi connectivity index (χ4n) is 2.25. The van der Waals surface area contributed by atoms with Crippen LogP contribution in [0.4, 0.5) is 19.7 Å². The van der Waals surface area contributed by atoms with Gasteiger partial charge in [0.15, 0.2) is 0 Å². The van der Waals surface area contributed by atoms with Crippen LogP contribution in [0.25, 0.3) is 0 Å². The van der Waals surface area contributed by atoms with E-state index in [9.17, 15) is 14.0 Å². The molecule has 2 amide bonds. The first-order chi connectivity index (χ1) is 13.8. The lowest BCUT2D eigenvalue weighted by Crippen LogP contribution is -2.40. The Hall–Kier alpha value is -2.84. The number of amides is 2. The number of anilines is 1. The average Bonchev–Trinajstić information content (AvgIpc) is 2.53. The highest BCUT2D eigenvalue weighted by Crippen LogP contribution is 2.15. The van der Waals surface area contributed by atoms with Crippen molar-refractivity contribution in [2.24, 2.45) is 4.99 Å². The number of rotatable bonds is 5. The van der Waals surface area contributed by atoms with E-state index >= 15 is 0 Å². The first-order valence-electron chi connectivity index (χ1n) is 9.86. The fourth-order valence-corrected chi connectivity index (χ4v) is 2.25. The molecule has 1 aromatic rings. The summed E-state index contributed by atoms with van der Waals surface area (Å²) in [6.07, 6.45) is -0.903. The molecule has 0 aliphatic carbocycles. The number of carbonyl (C=O) groups is 2. The van der Waals surface area contributed by atoms with Gasteiger partial charge < -0.3 is 20.1 Å². The van der Waals surface area contributed by atoms with Crippen LogP contribution in [0.3, 0.4) is 0 Å². The lowest BCUT2D eigenvalue weighted by molar-refractivity contribution is 0.0524. The van der Waals surface area contributed by atoms with Crippen molar-refractivity contribution in [3.8, 4) is 0 Å². The largest absolute Gasteiger partial charge is 0.444 e. The van der Waals surface area contributed by atoms with Gasteiger partial charge in [0, 0.05) is 18.8 Å². The molecular weight excluding hydrogens is 391 g/mol. The minimum absolute atomic E-state index is 0.158. The molecule has 9 heteroatoms. The van der Waals surface area contributed by atoms with Crippen LogP contribution in [0, 0.1) is 5.82 Å². The number of hydrogen-bond donors (Lipinski definition) is 3. The van der Waals surface area contributed by atoms with E-state index < -0.39 is 29.2 Å². The summed E-state index contributed by atoms with van der Waals surface area (Å²) in [5.41, 5.74) is -0.388. The molecule has 1 aromatic carbocycles. The Morgan fingerprint density at radius 1 is 1.03 bits per heavy atom. The number of benzene rings is 1. The Kier molecular flexibility index (Phi) is 9.07. The van der Waals surface area contributed by atoms with Crippen LogP contribution < -0.4 is 16.0 Å². The smallest absolute Gasteiger partial charge is 0.414 e. The van der Waals surface area contributed by atoms with E-state index in [2.05, 4.69) is 20.9 Å². The molecule has 0 aliphatic rings. The topological polar surface area (TPSA) is 101 Å². The molecule has 0 spiro atoms. The maximum Gasteiger partial charge on any atom is 0.414 e. The molecule has 0 radical (unpaired) electrons. The Morgan fingerprint density at radius 3 is 2.17 bits per heavy atom. The number of aliphatic imine (C=N–C) groups is 1. The number of carbonyl (C=O) groups excluding carboxylic acids is 2. The first-order valence-corrected chi connectivity index (χ1v) is 9.86. The molecule has 0 saturated heterocycles. The van der Waals surface area contributed by atoms with Crippen LogP contribution in [0.15, 0.2) is 23.2 Å². The van der Waals surface area contributed by atoms with Gasteiger partial charge in [-0.1, -0.05) is 6.07 Å². The Bertz CT molecular complexity index is 767. The molecule has 3 N–H and O–H groups in total. The highest BCUT2D eigenvalue weighted by Gasteiger charge is 2.18. The van der Waals surface area contributed by atoms with Crippen molar-refractivity contribution in [2.45, 2.75) is 66.1 Å². The molecule has 0 unspecified atom stereocenters. The molecular formula is C21H33FN4O4. The molecule has 1 rings (SSSR count). The molecule has 0 fully saturated rings. The zero-order chi connectivity index (χ0) is 22.9. The standard InChI is InChI=1S/C21H33FN4O4/c1-8-23-17(26-19(28)30-21(5,6)7)25-15-10-9-14(16(22)13-15)11-12-24-18(27)29-20(2,3)4/h9-10,13H,8,11-12H2,1-7H3,(H,24,27)(H2,23,25,26,28). The van der Waals surface area contributed by atoms with Crippen LogP contribution in [0.2, 0.25) is 0 Å². The molecule has 0 saturated carbocycles. The summed E-state index contributed by atoms with van der Waals surface area (Å²) >= 11 is 0. The van der Waals surface area contributed by atoms with Crippen molar-refractivity contribution in [2.75, 3.05) is 18.4 Å². The summed E-state index contributed by atoms with van der Waals surface area (Å²) in [6, 6.07) is 4.56. The van der Waals surface area contributed by atoms with Gasteiger partial charge in [0.1, 0.15) is 17.0 Å². The third kappa shape index (κ3) is 10.6. The van der Waals surface area contributed by atoms with Crippen molar-refractivity contribution >= 4 is 23.8 Å². The minimum atomic E-state index is -0.660. The SMILES string of the molecule is CCN=C(NC(=O)OC(C)(C)C)Nc1ccc(CCNC(=O)OC(C)(C)C)c(F)c1. The molecule has 0 heterocycles. The summed E-state index contributed by atoms with van der Waals surface area (Å²) in [6.45, 7) is 13.0. The second kappa shape index (κ2) is 10.8. The maximum absolute atomic E-state index is 14.4. The van der Waals surface area contributed by atoms with Crippen molar-refractivity contribution in [3.05, 3.63) is 29.6 Å². The van der Waals surface area contributed by atoms with E-state index in [-0.39, 0.29) is 12.5 Å². The van der Waals surface area contributed by atoms with Gasteiger partial charge in [-0.25, -0.2) is 14.0 Å². The Morgan fingerprint density at radius 2 is 1.63 bits per heavy atom. The van der Waals surface area contributed by atoms with Gasteiger partial charge in [0.05, 0.1) is 0 Å². The highest BCUT2D eigenvalue weighted by molar-refractivity contribution is 6.02. The van der Waals surface area contributed by atoms with Crippen molar-refractivity contribution in [3.63, 3.8) is 0 Å². The number of hydrogen-bond acceptors (Lipinski definition) is 5. The zero-order valence-electron chi connectivity index (χ0n) is 18.8. The van der Waals surface area contributed by atoms with E-state index in [0.29, 0.717) is 24.2 Å². The second-order valence-electron chi connectivity index (χ2n) is 8.56. The number of nitrogens with zero attached hydrogens (tertiary/aromatic N) is 1. The number of halogens is 1. The monoisotopic (exact) mass is 424 g/mol. The maximum atomic E-state index is 14.4. The fraction of sp³-hybridized carbons (Fsp3) is 0.571. The van der Waals surface area contributed by atoms with Crippen LogP contribution >= 0.6 is 0 Å². The van der Waals surface area contributed by atoms with Gasteiger partial charge in [-0.2, -0.15) is 0 Å². The molecule has 0 bridgehead atoms. The first kappa shape index (κ1) is 25.2. The molecule has 0 aliphatic heterocycles. The van der Waals surface area contributed by atoms with E-state index in [1.54, 1.807) is 60.6 Å². The zero-order valence-corrected chi connectivity index (χ0v) is 18.8. The number of nitrogens with one attached hydrogen (secondary N) is 3. The number of guanidine groups is 1. The number of ether oxygens (including phenoxy) is 2. The molecule has 30 heavy (non-hydrogen) atoms. The Labute approximate surface area is 177 Å². The summed E-state index contributed by atoms with van der Waals surface area (Å²) in [7, 11) is 0. The quantitative estimate of drug-likeness (QED) is 0.486. The van der Waals surface area contributed by atoms with Crippen molar-refractivity contribution in [1.29, 1.82) is 0 Å². The normalized spacial score (nSPS) is 12.2. The average molecular weight is 425 g/mol. The minimum Gasteiger partial charge on any atom is -0.444 e. The second-order valence-corrected chi connectivity index (χ2v) is 8.56. The van der Waals surface area contributed by atoms with Crippen LogP contribution in [0.1, 0.15) is 54.0 Å². The van der Waals surface area contributed by atoms with Gasteiger partial charge in [-0.05, 0) is 72.6 Å². The Balaban J connectivity index is 2.67. The summed E-state index contributed by atoms with van der Waals surface area (Å²) < 4.78 is 24.8.